The lowest BCUT2D eigenvalue weighted by atomic mass is 10.1. The minimum atomic E-state index is 0.0415. The molecule has 4 heteroatoms. The van der Waals surface area contributed by atoms with Gasteiger partial charge in [-0.15, -0.1) is 0 Å². The molecule has 1 atom stereocenters. The molecule has 1 aromatic heterocycles. The Hall–Kier alpha value is -1.29. The summed E-state index contributed by atoms with van der Waals surface area (Å²) in [6.07, 6.45) is 7.59. The standard InChI is InChI=1S/C14H21NO3/c1-2-7-15(10-13-5-3-4-8-18-13)14(16)12-6-9-17-11-12/h6,9,11,13H,2-5,7-8,10H2,1H3. The van der Waals surface area contributed by atoms with Gasteiger partial charge in [-0.05, 0) is 31.7 Å². The quantitative estimate of drug-likeness (QED) is 0.808. The summed E-state index contributed by atoms with van der Waals surface area (Å²) >= 11 is 0. The van der Waals surface area contributed by atoms with Crippen LogP contribution in [0.15, 0.2) is 23.0 Å². The molecule has 0 bridgehead atoms. The minimum absolute atomic E-state index is 0.0415. The zero-order valence-electron chi connectivity index (χ0n) is 10.9. The van der Waals surface area contributed by atoms with Crippen LogP contribution in [-0.2, 0) is 4.74 Å². The molecule has 0 N–H and O–H groups in total. The predicted molar refractivity (Wildman–Crippen MR) is 68.5 cm³/mol. The summed E-state index contributed by atoms with van der Waals surface area (Å²) in [6.45, 7) is 4.36. The molecule has 0 aliphatic carbocycles. The predicted octanol–water partition coefficient (Wildman–Crippen LogP) is 2.70. The second-order valence-corrected chi connectivity index (χ2v) is 4.75. The molecule has 2 heterocycles. The maximum atomic E-state index is 12.3. The fourth-order valence-corrected chi connectivity index (χ4v) is 2.31. The molecule has 18 heavy (non-hydrogen) atoms. The van der Waals surface area contributed by atoms with Crippen LogP contribution >= 0.6 is 0 Å². The van der Waals surface area contributed by atoms with Gasteiger partial charge in [-0.25, -0.2) is 0 Å². The van der Waals surface area contributed by atoms with Gasteiger partial charge in [0.1, 0.15) is 6.26 Å². The SMILES string of the molecule is CCCN(CC1CCCCO1)C(=O)c1ccoc1. The number of ether oxygens (including phenoxy) is 1. The van der Waals surface area contributed by atoms with Gasteiger partial charge in [0.15, 0.2) is 0 Å². The Morgan fingerprint density at radius 1 is 1.50 bits per heavy atom. The normalized spacial score (nSPS) is 19.7. The molecule has 0 aromatic carbocycles. The molecule has 1 amide bonds. The third kappa shape index (κ3) is 3.35. The highest BCUT2D eigenvalue weighted by molar-refractivity contribution is 5.93. The van der Waals surface area contributed by atoms with E-state index in [9.17, 15) is 4.79 Å². The van der Waals surface area contributed by atoms with E-state index in [4.69, 9.17) is 9.15 Å². The number of furan rings is 1. The van der Waals surface area contributed by atoms with Crippen molar-refractivity contribution in [3.05, 3.63) is 24.2 Å². The highest BCUT2D eigenvalue weighted by Crippen LogP contribution is 2.15. The average Bonchev–Trinajstić information content (AvgIpc) is 2.92. The monoisotopic (exact) mass is 251 g/mol. The molecule has 1 aliphatic heterocycles. The van der Waals surface area contributed by atoms with E-state index in [1.54, 1.807) is 6.07 Å². The van der Waals surface area contributed by atoms with E-state index >= 15 is 0 Å². The molecule has 1 aromatic rings. The van der Waals surface area contributed by atoms with E-state index in [0.29, 0.717) is 12.1 Å². The fourth-order valence-electron chi connectivity index (χ4n) is 2.31. The molecule has 1 aliphatic rings. The summed E-state index contributed by atoms with van der Waals surface area (Å²) in [7, 11) is 0. The Bertz CT molecular complexity index is 355. The van der Waals surface area contributed by atoms with Gasteiger partial charge in [0.05, 0.1) is 17.9 Å². The van der Waals surface area contributed by atoms with Crippen LogP contribution in [-0.4, -0.2) is 36.6 Å². The van der Waals surface area contributed by atoms with Crippen molar-refractivity contribution >= 4 is 5.91 Å². The zero-order valence-corrected chi connectivity index (χ0v) is 10.9. The second-order valence-electron chi connectivity index (χ2n) is 4.75. The Morgan fingerprint density at radius 3 is 3.00 bits per heavy atom. The lowest BCUT2D eigenvalue weighted by Crippen LogP contribution is -2.40. The van der Waals surface area contributed by atoms with Crippen molar-refractivity contribution < 1.29 is 13.9 Å². The van der Waals surface area contributed by atoms with Gasteiger partial charge in [-0.3, -0.25) is 4.79 Å². The number of amides is 1. The number of carbonyl (C=O) groups excluding carboxylic acids is 1. The van der Waals surface area contributed by atoms with E-state index in [2.05, 4.69) is 6.92 Å². The summed E-state index contributed by atoms with van der Waals surface area (Å²) < 4.78 is 10.7. The maximum Gasteiger partial charge on any atom is 0.257 e. The molecule has 1 saturated heterocycles. The maximum absolute atomic E-state index is 12.3. The summed E-state index contributed by atoms with van der Waals surface area (Å²) in [5.41, 5.74) is 0.624. The van der Waals surface area contributed by atoms with E-state index in [1.165, 1.54) is 18.9 Å². The van der Waals surface area contributed by atoms with Crippen LogP contribution in [0.25, 0.3) is 0 Å². The van der Waals surface area contributed by atoms with Gasteiger partial charge in [0.25, 0.3) is 5.91 Å². The van der Waals surface area contributed by atoms with Gasteiger partial charge >= 0.3 is 0 Å². The number of rotatable bonds is 5. The van der Waals surface area contributed by atoms with Crippen molar-refractivity contribution in [3.8, 4) is 0 Å². The first-order valence-electron chi connectivity index (χ1n) is 6.74. The summed E-state index contributed by atoms with van der Waals surface area (Å²) in [6, 6.07) is 1.72. The van der Waals surface area contributed by atoms with Gasteiger partial charge in [0, 0.05) is 19.7 Å². The molecule has 0 radical (unpaired) electrons. The molecule has 4 nitrogen and oxygen atoms in total. The summed E-state index contributed by atoms with van der Waals surface area (Å²) in [5.74, 6) is 0.0415. The Balaban J connectivity index is 1.96. The van der Waals surface area contributed by atoms with Crippen LogP contribution in [0.1, 0.15) is 43.0 Å². The molecule has 2 rings (SSSR count). The third-order valence-corrected chi connectivity index (χ3v) is 3.25. The molecule has 1 unspecified atom stereocenters. The van der Waals surface area contributed by atoms with E-state index < -0.39 is 0 Å². The van der Waals surface area contributed by atoms with Crippen molar-refractivity contribution in [2.45, 2.75) is 38.7 Å². The Morgan fingerprint density at radius 2 is 2.39 bits per heavy atom. The Labute approximate surface area is 108 Å². The van der Waals surface area contributed by atoms with Gasteiger partial charge in [-0.2, -0.15) is 0 Å². The lowest BCUT2D eigenvalue weighted by Gasteiger charge is -2.29. The van der Waals surface area contributed by atoms with Crippen molar-refractivity contribution in [1.82, 2.24) is 4.90 Å². The van der Waals surface area contributed by atoms with E-state index in [0.717, 1.165) is 32.4 Å². The summed E-state index contributed by atoms with van der Waals surface area (Å²) in [5, 5.41) is 0. The first-order valence-corrected chi connectivity index (χ1v) is 6.74. The first kappa shape index (κ1) is 13.1. The van der Waals surface area contributed by atoms with Crippen LogP contribution < -0.4 is 0 Å². The van der Waals surface area contributed by atoms with Crippen LogP contribution in [0.4, 0.5) is 0 Å². The zero-order chi connectivity index (χ0) is 12.8. The highest BCUT2D eigenvalue weighted by Gasteiger charge is 2.22. The number of nitrogens with zero attached hydrogens (tertiary/aromatic N) is 1. The second kappa shape index (κ2) is 6.59. The fraction of sp³-hybridized carbons (Fsp3) is 0.643. The van der Waals surface area contributed by atoms with E-state index in [1.807, 2.05) is 4.90 Å². The number of hydrogen-bond acceptors (Lipinski definition) is 3. The van der Waals surface area contributed by atoms with Crippen molar-refractivity contribution in [1.29, 1.82) is 0 Å². The molecule has 1 fully saturated rings. The van der Waals surface area contributed by atoms with Gasteiger partial charge in [-0.1, -0.05) is 6.92 Å². The van der Waals surface area contributed by atoms with Crippen LogP contribution in [0.3, 0.4) is 0 Å². The van der Waals surface area contributed by atoms with Crippen LogP contribution in [0.5, 0.6) is 0 Å². The molecular formula is C14H21NO3. The van der Waals surface area contributed by atoms with Crippen LogP contribution in [0.2, 0.25) is 0 Å². The smallest absolute Gasteiger partial charge is 0.257 e. The molecule has 0 saturated carbocycles. The van der Waals surface area contributed by atoms with Crippen molar-refractivity contribution in [3.63, 3.8) is 0 Å². The topological polar surface area (TPSA) is 42.7 Å². The largest absolute Gasteiger partial charge is 0.472 e. The van der Waals surface area contributed by atoms with E-state index in [-0.39, 0.29) is 12.0 Å². The molecule has 100 valence electrons. The third-order valence-electron chi connectivity index (χ3n) is 3.25. The minimum Gasteiger partial charge on any atom is -0.472 e. The van der Waals surface area contributed by atoms with Gasteiger partial charge < -0.3 is 14.1 Å². The molecule has 0 spiro atoms. The van der Waals surface area contributed by atoms with Crippen molar-refractivity contribution in [2.75, 3.05) is 19.7 Å². The first-order chi connectivity index (χ1) is 8.81. The average molecular weight is 251 g/mol. The molecular weight excluding hydrogens is 230 g/mol. The highest BCUT2D eigenvalue weighted by atomic mass is 16.5. The van der Waals surface area contributed by atoms with Crippen molar-refractivity contribution in [2.24, 2.45) is 0 Å². The number of carbonyl (C=O) groups is 1. The van der Waals surface area contributed by atoms with Crippen LogP contribution in [0, 0.1) is 0 Å². The van der Waals surface area contributed by atoms with Gasteiger partial charge in [0.2, 0.25) is 0 Å². The Kier molecular flexibility index (Phi) is 4.81. The summed E-state index contributed by atoms with van der Waals surface area (Å²) in [4.78, 5) is 14.2. The lowest BCUT2D eigenvalue weighted by molar-refractivity contribution is -0.00385. The number of hydrogen-bond donors (Lipinski definition) is 0.